The smallest absolute Gasteiger partial charge is 0.238 e. The van der Waals surface area contributed by atoms with Crippen LogP contribution >= 0.6 is 0 Å². The normalized spacial score (nSPS) is 26.4. The standard InChI is InChI=1S/C26H23NO2/c28-25-23-21(18-10-4-1-5-11-18)16-17-22(19-12-6-2-7-13-19)24(23)26(29)27(25)20-14-8-3-9-15-20/h1-15,21-24H,16-17H2. The van der Waals surface area contributed by atoms with Gasteiger partial charge in [-0.3, -0.25) is 14.5 Å². The minimum Gasteiger partial charge on any atom is -0.274 e. The highest BCUT2D eigenvalue weighted by molar-refractivity contribution is 6.22. The molecule has 0 spiro atoms. The molecule has 1 aliphatic carbocycles. The summed E-state index contributed by atoms with van der Waals surface area (Å²) in [7, 11) is 0. The number of hydrogen-bond acceptors (Lipinski definition) is 2. The molecular formula is C26H23NO2. The third-order valence-electron chi connectivity index (χ3n) is 6.52. The summed E-state index contributed by atoms with van der Waals surface area (Å²) < 4.78 is 0. The van der Waals surface area contributed by atoms with Gasteiger partial charge in [0.1, 0.15) is 0 Å². The van der Waals surface area contributed by atoms with Gasteiger partial charge in [0.15, 0.2) is 0 Å². The predicted octanol–water partition coefficient (Wildman–Crippen LogP) is 5.15. The van der Waals surface area contributed by atoms with Gasteiger partial charge in [0, 0.05) is 0 Å². The van der Waals surface area contributed by atoms with Crippen LogP contribution < -0.4 is 4.90 Å². The van der Waals surface area contributed by atoms with E-state index in [2.05, 4.69) is 24.3 Å². The monoisotopic (exact) mass is 381 g/mol. The van der Waals surface area contributed by atoms with Gasteiger partial charge in [-0.25, -0.2) is 0 Å². The summed E-state index contributed by atoms with van der Waals surface area (Å²) >= 11 is 0. The molecule has 4 atom stereocenters. The summed E-state index contributed by atoms with van der Waals surface area (Å²) in [6, 6.07) is 29.8. The van der Waals surface area contributed by atoms with E-state index in [0.29, 0.717) is 5.69 Å². The molecule has 0 radical (unpaired) electrons. The van der Waals surface area contributed by atoms with Crippen molar-refractivity contribution in [1.82, 2.24) is 0 Å². The van der Waals surface area contributed by atoms with Crippen LogP contribution in [-0.4, -0.2) is 11.8 Å². The van der Waals surface area contributed by atoms with Crippen LogP contribution in [0.5, 0.6) is 0 Å². The molecule has 5 rings (SSSR count). The number of hydrogen-bond donors (Lipinski definition) is 0. The summed E-state index contributed by atoms with van der Waals surface area (Å²) in [6.45, 7) is 0. The Labute approximate surface area is 171 Å². The van der Waals surface area contributed by atoms with Crippen LogP contribution in [0.15, 0.2) is 91.0 Å². The fourth-order valence-corrected chi connectivity index (χ4v) is 5.26. The van der Waals surface area contributed by atoms with E-state index in [1.807, 2.05) is 66.7 Å². The second kappa shape index (κ2) is 7.32. The number of carbonyl (C=O) groups is 2. The summed E-state index contributed by atoms with van der Waals surface area (Å²) in [5.74, 6) is -0.591. The molecule has 29 heavy (non-hydrogen) atoms. The highest BCUT2D eigenvalue weighted by Gasteiger charge is 2.56. The first-order valence-electron chi connectivity index (χ1n) is 10.3. The zero-order valence-electron chi connectivity index (χ0n) is 16.1. The Morgan fingerprint density at radius 2 is 0.931 bits per heavy atom. The lowest BCUT2D eigenvalue weighted by molar-refractivity contribution is -0.122. The van der Waals surface area contributed by atoms with Gasteiger partial charge in [-0.15, -0.1) is 0 Å². The molecule has 2 fully saturated rings. The number of fused-ring (bicyclic) bond motifs is 1. The molecule has 4 unspecified atom stereocenters. The van der Waals surface area contributed by atoms with E-state index in [1.165, 1.54) is 4.90 Å². The van der Waals surface area contributed by atoms with Gasteiger partial charge in [0.25, 0.3) is 0 Å². The van der Waals surface area contributed by atoms with Crippen molar-refractivity contribution >= 4 is 17.5 Å². The maximum atomic E-state index is 13.6. The van der Waals surface area contributed by atoms with E-state index in [1.54, 1.807) is 0 Å². The van der Waals surface area contributed by atoms with Gasteiger partial charge in [-0.1, -0.05) is 78.9 Å². The van der Waals surface area contributed by atoms with Crippen LogP contribution in [0.25, 0.3) is 0 Å². The molecule has 144 valence electrons. The Hall–Kier alpha value is -3.20. The van der Waals surface area contributed by atoms with Crippen molar-refractivity contribution < 1.29 is 9.59 Å². The fraction of sp³-hybridized carbons (Fsp3) is 0.231. The molecule has 0 aromatic heterocycles. The quantitative estimate of drug-likeness (QED) is 0.588. The Bertz CT molecular complexity index is 951. The van der Waals surface area contributed by atoms with Crippen molar-refractivity contribution in [3.05, 3.63) is 102 Å². The zero-order valence-corrected chi connectivity index (χ0v) is 16.1. The Balaban J connectivity index is 1.60. The van der Waals surface area contributed by atoms with Gasteiger partial charge in [-0.2, -0.15) is 0 Å². The summed E-state index contributed by atoms with van der Waals surface area (Å²) in [4.78, 5) is 28.7. The van der Waals surface area contributed by atoms with E-state index >= 15 is 0 Å². The van der Waals surface area contributed by atoms with Crippen molar-refractivity contribution in [3.8, 4) is 0 Å². The summed E-state index contributed by atoms with van der Waals surface area (Å²) in [5.41, 5.74) is 2.99. The van der Waals surface area contributed by atoms with Gasteiger partial charge < -0.3 is 0 Å². The van der Waals surface area contributed by atoms with E-state index in [9.17, 15) is 9.59 Å². The Morgan fingerprint density at radius 1 is 0.552 bits per heavy atom. The molecule has 1 saturated heterocycles. The van der Waals surface area contributed by atoms with Crippen molar-refractivity contribution in [2.45, 2.75) is 24.7 Å². The van der Waals surface area contributed by atoms with Gasteiger partial charge in [0.2, 0.25) is 11.8 Å². The predicted molar refractivity (Wildman–Crippen MR) is 114 cm³/mol. The molecule has 0 N–H and O–H groups in total. The highest BCUT2D eigenvalue weighted by atomic mass is 16.2. The van der Waals surface area contributed by atoms with E-state index in [0.717, 1.165) is 24.0 Å². The maximum Gasteiger partial charge on any atom is 0.238 e. The van der Waals surface area contributed by atoms with Crippen LogP contribution in [0.4, 0.5) is 5.69 Å². The third kappa shape index (κ3) is 2.98. The highest BCUT2D eigenvalue weighted by Crippen LogP contribution is 2.53. The summed E-state index contributed by atoms with van der Waals surface area (Å²) in [6.07, 6.45) is 1.82. The lowest BCUT2D eigenvalue weighted by atomic mass is 9.64. The average molecular weight is 381 g/mol. The number of nitrogens with zero attached hydrogens (tertiary/aromatic N) is 1. The number of carbonyl (C=O) groups excluding carboxylic acids is 2. The van der Waals surface area contributed by atoms with E-state index < -0.39 is 0 Å². The van der Waals surface area contributed by atoms with Gasteiger partial charge >= 0.3 is 0 Å². The molecule has 3 aromatic carbocycles. The second-order valence-electron chi connectivity index (χ2n) is 8.01. The molecular weight excluding hydrogens is 358 g/mol. The topological polar surface area (TPSA) is 37.4 Å². The minimum absolute atomic E-state index is 0.0549. The zero-order chi connectivity index (χ0) is 19.8. The SMILES string of the molecule is O=C1C2C(c3ccccc3)CCC(c3ccccc3)C2C(=O)N1c1ccccc1. The lowest BCUT2D eigenvalue weighted by Gasteiger charge is -2.37. The number of imide groups is 1. The first kappa shape index (κ1) is 17.9. The number of amides is 2. The van der Waals surface area contributed by atoms with Crippen LogP contribution in [0.3, 0.4) is 0 Å². The van der Waals surface area contributed by atoms with Crippen molar-refractivity contribution in [1.29, 1.82) is 0 Å². The molecule has 3 aromatic rings. The molecule has 2 amide bonds. The Kier molecular flexibility index (Phi) is 4.51. The number of rotatable bonds is 3. The van der Waals surface area contributed by atoms with Crippen LogP contribution in [0, 0.1) is 11.8 Å². The molecule has 1 aliphatic heterocycles. The van der Waals surface area contributed by atoms with Crippen molar-refractivity contribution in [3.63, 3.8) is 0 Å². The number of para-hydroxylation sites is 1. The van der Waals surface area contributed by atoms with E-state index in [4.69, 9.17) is 0 Å². The van der Waals surface area contributed by atoms with Crippen LogP contribution in [0.1, 0.15) is 35.8 Å². The second-order valence-corrected chi connectivity index (χ2v) is 8.01. The lowest BCUT2D eigenvalue weighted by Crippen LogP contribution is -2.34. The number of benzene rings is 3. The molecule has 3 nitrogen and oxygen atoms in total. The molecule has 1 saturated carbocycles. The minimum atomic E-state index is -0.316. The molecule has 0 bridgehead atoms. The molecule has 2 aliphatic rings. The largest absolute Gasteiger partial charge is 0.274 e. The molecule has 3 heteroatoms. The first-order chi connectivity index (χ1) is 14.3. The average Bonchev–Trinajstić information content (AvgIpc) is 3.06. The molecule has 1 heterocycles. The van der Waals surface area contributed by atoms with Gasteiger partial charge in [-0.05, 0) is 47.9 Å². The van der Waals surface area contributed by atoms with E-state index in [-0.39, 0.29) is 35.5 Å². The van der Waals surface area contributed by atoms with Crippen molar-refractivity contribution in [2.75, 3.05) is 4.90 Å². The van der Waals surface area contributed by atoms with Gasteiger partial charge in [0.05, 0.1) is 17.5 Å². The maximum absolute atomic E-state index is 13.6. The third-order valence-corrected chi connectivity index (χ3v) is 6.52. The van der Waals surface area contributed by atoms with Crippen LogP contribution in [0.2, 0.25) is 0 Å². The Morgan fingerprint density at radius 3 is 1.34 bits per heavy atom. The van der Waals surface area contributed by atoms with Crippen LogP contribution in [-0.2, 0) is 9.59 Å². The first-order valence-corrected chi connectivity index (χ1v) is 10.3. The number of anilines is 1. The fourth-order valence-electron chi connectivity index (χ4n) is 5.26. The summed E-state index contributed by atoms with van der Waals surface area (Å²) in [5, 5.41) is 0. The van der Waals surface area contributed by atoms with Crippen molar-refractivity contribution in [2.24, 2.45) is 11.8 Å².